The molecule has 1 aromatic heterocycles. The van der Waals surface area contributed by atoms with E-state index in [2.05, 4.69) is 19.0 Å². The van der Waals surface area contributed by atoms with Crippen LogP contribution in [-0.4, -0.2) is 79.8 Å². The average Bonchev–Trinajstić information content (AvgIpc) is 3.15. The summed E-state index contributed by atoms with van der Waals surface area (Å²) in [5.74, 6) is -4.93. The summed E-state index contributed by atoms with van der Waals surface area (Å²) in [6, 6.07) is 13.3. The van der Waals surface area contributed by atoms with Crippen molar-refractivity contribution in [3.63, 3.8) is 0 Å². The number of benzene rings is 1. The highest BCUT2D eigenvalue weighted by Crippen LogP contribution is 2.15. The standard InChI is InChI=1S/C16H20N2O.C6H8O7/c1-17(2)11-7-13-18-12-6-10-15(18)16(19)14-8-4-3-5-9-14;7-3(8)1-6(13,5(11)12)2-4(9)10/h3-6,8-10,12H,7,11,13H2,1-2H3;13H,1-2H2,(H,7,8)(H,9,10)(H,11,12). The van der Waals surface area contributed by atoms with Crippen LogP contribution in [0, 0.1) is 0 Å². The Morgan fingerprint density at radius 2 is 1.47 bits per heavy atom. The number of rotatable bonds is 11. The second kappa shape index (κ2) is 12.4. The normalized spacial score (nSPS) is 10.9. The number of aryl methyl sites for hydroxylation is 1. The summed E-state index contributed by atoms with van der Waals surface area (Å²) in [5, 5.41) is 33.8. The van der Waals surface area contributed by atoms with E-state index >= 15 is 0 Å². The van der Waals surface area contributed by atoms with E-state index in [4.69, 9.17) is 20.4 Å². The van der Waals surface area contributed by atoms with Gasteiger partial charge in [0, 0.05) is 18.3 Å². The predicted molar refractivity (Wildman–Crippen MR) is 115 cm³/mol. The Balaban J connectivity index is 0.000000347. The Bertz CT molecular complexity index is 905. The Morgan fingerprint density at radius 3 is 1.94 bits per heavy atom. The molecule has 2 aromatic rings. The molecule has 0 unspecified atom stereocenters. The minimum atomic E-state index is -2.74. The number of aromatic nitrogens is 1. The third kappa shape index (κ3) is 8.70. The number of aliphatic hydroxyl groups is 1. The van der Waals surface area contributed by atoms with Gasteiger partial charge in [0.2, 0.25) is 5.78 Å². The Kier molecular flexibility index (Phi) is 10.3. The maximum absolute atomic E-state index is 12.4. The van der Waals surface area contributed by atoms with Gasteiger partial charge in [0.05, 0.1) is 18.5 Å². The van der Waals surface area contributed by atoms with Gasteiger partial charge in [0.15, 0.2) is 5.60 Å². The van der Waals surface area contributed by atoms with E-state index in [-0.39, 0.29) is 5.78 Å². The molecule has 0 saturated carbocycles. The van der Waals surface area contributed by atoms with Gasteiger partial charge in [-0.2, -0.15) is 0 Å². The SMILES string of the molecule is CN(C)CCCn1cccc1C(=O)c1ccccc1.O=C(O)CC(O)(CC(=O)O)C(=O)O. The van der Waals surface area contributed by atoms with Gasteiger partial charge in [0.25, 0.3) is 0 Å². The molecule has 2 rings (SSSR count). The molecular weight excluding hydrogens is 420 g/mol. The molecule has 1 aromatic carbocycles. The fourth-order valence-corrected chi connectivity index (χ4v) is 2.82. The lowest BCUT2D eigenvalue weighted by Crippen LogP contribution is -2.42. The average molecular weight is 448 g/mol. The van der Waals surface area contributed by atoms with Crippen LogP contribution in [0.5, 0.6) is 0 Å². The molecule has 0 fully saturated rings. The van der Waals surface area contributed by atoms with Gasteiger partial charge in [-0.05, 0) is 39.2 Å². The Hall–Kier alpha value is -3.50. The summed E-state index contributed by atoms with van der Waals surface area (Å²) < 4.78 is 2.04. The minimum Gasteiger partial charge on any atom is -0.481 e. The summed E-state index contributed by atoms with van der Waals surface area (Å²) in [6.07, 6.45) is 0.728. The fraction of sp³-hybridized carbons (Fsp3) is 0.364. The molecule has 0 atom stereocenters. The predicted octanol–water partition coefficient (Wildman–Crippen LogP) is 1.42. The second-order valence-corrected chi connectivity index (χ2v) is 7.42. The Morgan fingerprint density at radius 1 is 0.906 bits per heavy atom. The van der Waals surface area contributed by atoms with E-state index in [1.54, 1.807) is 0 Å². The highest BCUT2D eigenvalue weighted by molar-refractivity contribution is 6.07. The van der Waals surface area contributed by atoms with Crippen molar-refractivity contribution in [2.75, 3.05) is 20.6 Å². The maximum Gasteiger partial charge on any atom is 0.336 e. The zero-order chi connectivity index (χ0) is 24.3. The van der Waals surface area contributed by atoms with Crippen molar-refractivity contribution in [2.45, 2.75) is 31.4 Å². The van der Waals surface area contributed by atoms with Crippen LogP contribution in [0.4, 0.5) is 0 Å². The first kappa shape index (κ1) is 26.5. The van der Waals surface area contributed by atoms with E-state index < -0.39 is 36.4 Å². The fourth-order valence-electron chi connectivity index (χ4n) is 2.82. The molecule has 0 saturated heterocycles. The number of hydrogen-bond acceptors (Lipinski definition) is 6. The molecule has 4 N–H and O–H groups in total. The summed E-state index contributed by atoms with van der Waals surface area (Å²) in [5.41, 5.74) is -1.22. The topological polar surface area (TPSA) is 157 Å². The lowest BCUT2D eigenvalue weighted by atomic mass is 9.96. The molecule has 0 spiro atoms. The van der Waals surface area contributed by atoms with Crippen LogP contribution in [0.15, 0.2) is 48.7 Å². The van der Waals surface area contributed by atoms with Gasteiger partial charge in [-0.1, -0.05) is 30.3 Å². The van der Waals surface area contributed by atoms with Gasteiger partial charge in [0.1, 0.15) is 0 Å². The number of carbonyl (C=O) groups is 4. The van der Waals surface area contributed by atoms with E-state index in [0.717, 1.165) is 30.8 Å². The number of carbonyl (C=O) groups excluding carboxylic acids is 1. The van der Waals surface area contributed by atoms with Crippen LogP contribution < -0.4 is 0 Å². The first-order chi connectivity index (χ1) is 15.0. The molecule has 10 nitrogen and oxygen atoms in total. The van der Waals surface area contributed by atoms with Crippen molar-refractivity contribution in [3.05, 3.63) is 59.9 Å². The molecule has 0 radical (unpaired) electrons. The molecule has 0 bridgehead atoms. The van der Waals surface area contributed by atoms with Crippen molar-refractivity contribution in [3.8, 4) is 0 Å². The van der Waals surface area contributed by atoms with Gasteiger partial charge < -0.3 is 29.9 Å². The van der Waals surface area contributed by atoms with Gasteiger partial charge in [-0.25, -0.2) is 4.79 Å². The van der Waals surface area contributed by atoms with E-state index in [0.29, 0.717) is 0 Å². The van der Waals surface area contributed by atoms with Crippen LogP contribution in [0.25, 0.3) is 0 Å². The molecular formula is C22H28N2O8. The highest BCUT2D eigenvalue weighted by Gasteiger charge is 2.40. The first-order valence-electron chi connectivity index (χ1n) is 9.75. The number of hydrogen-bond donors (Lipinski definition) is 4. The van der Waals surface area contributed by atoms with Crippen LogP contribution >= 0.6 is 0 Å². The van der Waals surface area contributed by atoms with Crippen LogP contribution in [0.1, 0.15) is 35.3 Å². The quantitative estimate of drug-likeness (QED) is 0.373. The lowest BCUT2D eigenvalue weighted by molar-refractivity contribution is -0.170. The molecule has 174 valence electrons. The van der Waals surface area contributed by atoms with Crippen LogP contribution in [0.3, 0.4) is 0 Å². The van der Waals surface area contributed by atoms with Crippen LogP contribution in [-0.2, 0) is 20.9 Å². The largest absolute Gasteiger partial charge is 0.481 e. The second-order valence-electron chi connectivity index (χ2n) is 7.42. The van der Waals surface area contributed by atoms with Gasteiger partial charge >= 0.3 is 17.9 Å². The zero-order valence-electron chi connectivity index (χ0n) is 18.0. The lowest BCUT2D eigenvalue weighted by Gasteiger charge is -2.18. The van der Waals surface area contributed by atoms with Gasteiger partial charge in [-0.3, -0.25) is 14.4 Å². The van der Waals surface area contributed by atoms with Crippen molar-refractivity contribution >= 4 is 23.7 Å². The third-order valence-electron chi connectivity index (χ3n) is 4.39. The summed E-state index contributed by atoms with van der Waals surface area (Å²) in [6.45, 7) is 1.90. The van der Waals surface area contributed by atoms with Crippen molar-refractivity contribution < 1.29 is 39.6 Å². The molecule has 0 aliphatic carbocycles. The monoisotopic (exact) mass is 448 g/mol. The summed E-state index contributed by atoms with van der Waals surface area (Å²) >= 11 is 0. The number of ketones is 1. The number of aliphatic carboxylic acids is 3. The smallest absolute Gasteiger partial charge is 0.336 e. The molecule has 1 heterocycles. The molecule has 0 aliphatic rings. The maximum atomic E-state index is 12.4. The highest BCUT2D eigenvalue weighted by atomic mass is 16.4. The molecule has 0 aliphatic heterocycles. The number of nitrogens with zero attached hydrogens (tertiary/aromatic N) is 2. The van der Waals surface area contributed by atoms with E-state index in [1.807, 2.05) is 53.2 Å². The van der Waals surface area contributed by atoms with E-state index in [1.165, 1.54) is 0 Å². The summed E-state index contributed by atoms with van der Waals surface area (Å²) in [7, 11) is 4.12. The molecule has 32 heavy (non-hydrogen) atoms. The van der Waals surface area contributed by atoms with Crippen LogP contribution in [0.2, 0.25) is 0 Å². The van der Waals surface area contributed by atoms with Crippen molar-refractivity contribution in [1.29, 1.82) is 0 Å². The number of carboxylic acid groups (broad SMARTS) is 3. The Labute approximate surface area is 185 Å². The van der Waals surface area contributed by atoms with Crippen molar-refractivity contribution in [1.82, 2.24) is 9.47 Å². The van der Waals surface area contributed by atoms with E-state index in [9.17, 15) is 19.2 Å². The summed E-state index contributed by atoms with van der Waals surface area (Å²) in [4.78, 5) is 45.0. The van der Waals surface area contributed by atoms with Crippen molar-refractivity contribution in [2.24, 2.45) is 0 Å². The van der Waals surface area contributed by atoms with Gasteiger partial charge in [-0.15, -0.1) is 0 Å². The number of carboxylic acids is 3. The zero-order valence-corrected chi connectivity index (χ0v) is 18.0. The first-order valence-corrected chi connectivity index (χ1v) is 9.75. The molecule has 10 heteroatoms. The minimum absolute atomic E-state index is 0.0930. The third-order valence-corrected chi connectivity index (χ3v) is 4.39. The molecule has 0 amide bonds.